The van der Waals surface area contributed by atoms with Crippen LogP contribution in [0, 0.1) is 0 Å². The monoisotopic (exact) mass is 313 g/mol. The molecule has 0 unspecified atom stereocenters. The zero-order valence-electron chi connectivity index (χ0n) is 11.5. The van der Waals surface area contributed by atoms with Crippen molar-refractivity contribution in [2.75, 3.05) is 0 Å². The Hall–Kier alpha value is -2.59. The normalized spacial score (nSPS) is 10.6. The van der Waals surface area contributed by atoms with Gasteiger partial charge in [-0.25, -0.2) is 0 Å². The molecule has 0 aliphatic carbocycles. The summed E-state index contributed by atoms with van der Waals surface area (Å²) in [4.78, 5) is 24.0. The van der Waals surface area contributed by atoms with Crippen LogP contribution in [0.15, 0.2) is 59.0 Å². The Bertz CT molecular complexity index is 803. The molecule has 110 valence electrons. The number of fused-ring (bicyclic) bond motifs is 1. The molecule has 2 aromatic carbocycles. The highest BCUT2D eigenvalue weighted by Crippen LogP contribution is 2.19. The van der Waals surface area contributed by atoms with Crippen molar-refractivity contribution >= 4 is 34.3 Å². The fraction of sp³-hybridized carbons (Fsp3) is 0.0588. The minimum atomic E-state index is -0.700. The van der Waals surface area contributed by atoms with Gasteiger partial charge in [-0.3, -0.25) is 9.59 Å². The Balaban J connectivity index is 1.68. The van der Waals surface area contributed by atoms with Crippen molar-refractivity contribution in [2.45, 2.75) is 6.54 Å². The van der Waals surface area contributed by atoms with Crippen molar-refractivity contribution in [1.82, 2.24) is 5.32 Å². The van der Waals surface area contributed by atoms with Gasteiger partial charge in [0, 0.05) is 17.0 Å². The summed E-state index contributed by atoms with van der Waals surface area (Å²) in [5, 5.41) is 3.98. The zero-order valence-corrected chi connectivity index (χ0v) is 12.3. The van der Waals surface area contributed by atoms with Crippen LogP contribution in [0.4, 0.5) is 0 Å². The van der Waals surface area contributed by atoms with Gasteiger partial charge < -0.3 is 9.73 Å². The van der Waals surface area contributed by atoms with Gasteiger partial charge in [0.15, 0.2) is 5.76 Å². The summed E-state index contributed by atoms with van der Waals surface area (Å²) in [5.74, 6) is -1.35. The second-order valence-electron chi connectivity index (χ2n) is 4.79. The average Bonchev–Trinajstić information content (AvgIpc) is 2.97. The Morgan fingerprint density at radius 1 is 1.05 bits per heavy atom. The second-order valence-corrected chi connectivity index (χ2v) is 5.22. The first-order valence-corrected chi connectivity index (χ1v) is 7.07. The molecule has 3 rings (SSSR count). The molecule has 0 atom stereocenters. The van der Waals surface area contributed by atoms with E-state index in [9.17, 15) is 9.59 Å². The predicted molar refractivity (Wildman–Crippen MR) is 83.8 cm³/mol. The number of hydrogen-bond donors (Lipinski definition) is 1. The maximum Gasteiger partial charge on any atom is 0.296 e. The molecule has 1 amide bonds. The quantitative estimate of drug-likeness (QED) is 0.591. The molecule has 0 aliphatic rings. The molecule has 0 radical (unpaired) electrons. The van der Waals surface area contributed by atoms with Crippen LogP contribution in [0.2, 0.25) is 5.02 Å². The lowest BCUT2D eigenvalue weighted by molar-refractivity contribution is -0.117. The van der Waals surface area contributed by atoms with E-state index in [0.717, 1.165) is 10.9 Å². The average molecular weight is 314 g/mol. The number of nitrogens with one attached hydrogen (secondary N) is 1. The SMILES string of the molecule is O=C(NCc1ccc(Cl)cc1)C(=O)c1cc2ccccc2o1. The summed E-state index contributed by atoms with van der Waals surface area (Å²) in [6, 6.07) is 15.8. The van der Waals surface area contributed by atoms with Gasteiger partial charge in [-0.05, 0) is 29.8 Å². The molecule has 0 spiro atoms. The minimum absolute atomic E-state index is 0.0369. The number of para-hydroxylation sites is 1. The van der Waals surface area contributed by atoms with Crippen molar-refractivity contribution in [3.05, 3.63) is 70.9 Å². The Labute approximate surface area is 131 Å². The number of amides is 1. The number of hydrogen-bond acceptors (Lipinski definition) is 3. The van der Waals surface area contributed by atoms with Crippen LogP contribution in [0.3, 0.4) is 0 Å². The smallest absolute Gasteiger partial charge is 0.296 e. The van der Waals surface area contributed by atoms with Gasteiger partial charge in [0.1, 0.15) is 5.58 Å². The van der Waals surface area contributed by atoms with Crippen molar-refractivity contribution in [3.63, 3.8) is 0 Å². The first kappa shape index (κ1) is 14.4. The van der Waals surface area contributed by atoms with E-state index < -0.39 is 11.7 Å². The van der Waals surface area contributed by atoms with Gasteiger partial charge in [-0.15, -0.1) is 0 Å². The molecular formula is C17H12ClNO3. The topological polar surface area (TPSA) is 59.3 Å². The van der Waals surface area contributed by atoms with Crippen molar-refractivity contribution in [3.8, 4) is 0 Å². The molecule has 0 aliphatic heterocycles. The molecule has 5 heteroatoms. The summed E-state index contributed by atoms with van der Waals surface area (Å²) in [7, 11) is 0. The Morgan fingerprint density at radius 3 is 2.50 bits per heavy atom. The summed E-state index contributed by atoms with van der Waals surface area (Å²) in [6.07, 6.45) is 0. The minimum Gasteiger partial charge on any atom is -0.452 e. The number of furan rings is 1. The number of halogens is 1. The molecule has 0 saturated carbocycles. The summed E-state index contributed by atoms with van der Waals surface area (Å²) >= 11 is 5.79. The molecular weight excluding hydrogens is 302 g/mol. The molecule has 1 heterocycles. The Morgan fingerprint density at radius 2 is 1.77 bits per heavy atom. The van der Waals surface area contributed by atoms with E-state index in [1.165, 1.54) is 0 Å². The van der Waals surface area contributed by atoms with Crippen molar-refractivity contribution in [2.24, 2.45) is 0 Å². The van der Waals surface area contributed by atoms with Gasteiger partial charge in [0.2, 0.25) is 0 Å². The van der Waals surface area contributed by atoms with E-state index in [4.69, 9.17) is 16.0 Å². The van der Waals surface area contributed by atoms with Gasteiger partial charge in [0.25, 0.3) is 11.7 Å². The molecule has 0 bridgehead atoms. The summed E-state index contributed by atoms with van der Waals surface area (Å²) < 4.78 is 5.39. The molecule has 22 heavy (non-hydrogen) atoms. The summed E-state index contributed by atoms with van der Waals surface area (Å²) in [6.45, 7) is 0.252. The van der Waals surface area contributed by atoms with Crippen molar-refractivity contribution < 1.29 is 14.0 Å². The van der Waals surface area contributed by atoms with Crippen molar-refractivity contribution in [1.29, 1.82) is 0 Å². The third-order valence-corrected chi connectivity index (χ3v) is 3.47. The highest BCUT2D eigenvalue weighted by atomic mass is 35.5. The van der Waals surface area contributed by atoms with E-state index >= 15 is 0 Å². The molecule has 0 fully saturated rings. The van der Waals surface area contributed by atoms with Crippen LogP contribution < -0.4 is 5.32 Å². The fourth-order valence-corrected chi connectivity index (χ4v) is 2.20. The molecule has 4 nitrogen and oxygen atoms in total. The highest BCUT2D eigenvalue weighted by Gasteiger charge is 2.20. The molecule has 1 N–H and O–H groups in total. The van der Waals surface area contributed by atoms with E-state index in [2.05, 4.69) is 5.32 Å². The largest absolute Gasteiger partial charge is 0.452 e. The van der Waals surface area contributed by atoms with E-state index in [-0.39, 0.29) is 12.3 Å². The van der Waals surface area contributed by atoms with Gasteiger partial charge >= 0.3 is 0 Å². The first-order valence-electron chi connectivity index (χ1n) is 6.69. The number of rotatable bonds is 4. The second kappa shape index (κ2) is 6.03. The highest BCUT2D eigenvalue weighted by molar-refractivity contribution is 6.42. The maximum absolute atomic E-state index is 12.1. The third kappa shape index (κ3) is 3.02. The van der Waals surface area contributed by atoms with Crippen LogP contribution in [-0.4, -0.2) is 11.7 Å². The standard InChI is InChI=1S/C17H12ClNO3/c18-13-7-5-11(6-8-13)10-19-17(21)16(20)15-9-12-3-1-2-4-14(12)22-15/h1-9H,10H2,(H,19,21). The van der Waals surface area contributed by atoms with Crippen LogP contribution in [0.1, 0.15) is 16.1 Å². The number of benzene rings is 2. The lowest BCUT2D eigenvalue weighted by Gasteiger charge is -2.03. The zero-order chi connectivity index (χ0) is 15.5. The van der Waals surface area contributed by atoms with Crippen LogP contribution >= 0.6 is 11.6 Å². The Kier molecular flexibility index (Phi) is 3.94. The van der Waals surface area contributed by atoms with Gasteiger partial charge in [-0.2, -0.15) is 0 Å². The number of carbonyl (C=O) groups is 2. The van der Waals surface area contributed by atoms with Gasteiger partial charge in [0.05, 0.1) is 0 Å². The van der Waals surface area contributed by atoms with Crippen LogP contribution in [0.5, 0.6) is 0 Å². The molecule has 3 aromatic rings. The third-order valence-electron chi connectivity index (χ3n) is 3.22. The lowest BCUT2D eigenvalue weighted by Crippen LogP contribution is -2.30. The van der Waals surface area contributed by atoms with Crippen LogP contribution in [-0.2, 0) is 11.3 Å². The van der Waals surface area contributed by atoms with E-state index in [1.54, 1.807) is 42.5 Å². The van der Waals surface area contributed by atoms with E-state index in [1.807, 2.05) is 12.1 Å². The molecule has 1 aromatic heterocycles. The maximum atomic E-state index is 12.1. The van der Waals surface area contributed by atoms with Crippen LogP contribution in [0.25, 0.3) is 11.0 Å². The molecule has 0 saturated heterocycles. The number of ketones is 1. The predicted octanol–water partition coefficient (Wildman–Crippen LogP) is 3.59. The van der Waals surface area contributed by atoms with E-state index in [0.29, 0.717) is 10.6 Å². The number of Topliss-reactive ketones (excluding diaryl/α,β-unsaturated/α-hetero) is 1. The number of carbonyl (C=O) groups excluding carboxylic acids is 2. The van der Waals surface area contributed by atoms with Gasteiger partial charge in [-0.1, -0.05) is 41.9 Å². The first-order chi connectivity index (χ1) is 10.6. The lowest BCUT2D eigenvalue weighted by atomic mass is 10.2. The summed E-state index contributed by atoms with van der Waals surface area (Å²) in [5.41, 5.74) is 1.44. The fourth-order valence-electron chi connectivity index (χ4n) is 2.07.